The molecule has 0 saturated carbocycles. The van der Waals surface area contributed by atoms with E-state index in [1.165, 1.54) is 7.11 Å². The summed E-state index contributed by atoms with van der Waals surface area (Å²) in [7, 11) is 1.45. The number of halogens is 1. The first kappa shape index (κ1) is 10.1. The van der Waals surface area contributed by atoms with Gasteiger partial charge in [0.1, 0.15) is 11.3 Å². The third-order valence-corrected chi connectivity index (χ3v) is 2.57. The largest absolute Gasteiger partial charge is 0.496 e. The van der Waals surface area contributed by atoms with Crippen molar-refractivity contribution in [3.05, 3.63) is 27.7 Å². The maximum Gasteiger partial charge on any atom is 0.339 e. The van der Waals surface area contributed by atoms with Crippen molar-refractivity contribution < 1.29 is 14.6 Å². The van der Waals surface area contributed by atoms with Crippen molar-refractivity contribution in [1.82, 2.24) is 0 Å². The molecule has 0 spiro atoms. The van der Waals surface area contributed by atoms with E-state index in [1.54, 1.807) is 12.1 Å². The fourth-order valence-corrected chi connectivity index (χ4v) is 1.32. The minimum Gasteiger partial charge on any atom is -0.496 e. The van der Waals surface area contributed by atoms with Crippen LogP contribution in [0, 0.1) is 6.92 Å². The van der Waals surface area contributed by atoms with Gasteiger partial charge in [0.2, 0.25) is 0 Å². The average molecular weight is 245 g/mol. The molecule has 0 aliphatic carbocycles. The van der Waals surface area contributed by atoms with Crippen LogP contribution in [0.3, 0.4) is 0 Å². The Bertz CT molecular complexity index is 347. The predicted molar refractivity (Wildman–Crippen MR) is 52.4 cm³/mol. The molecule has 0 fully saturated rings. The maximum absolute atomic E-state index is 10.7. The fourth-order valence-electron chi connectivity index (χ4n) is 0.999. The maximum atomic E-state index is 10.7. The number of rotatable bonds is 2. The van der Waals surface area contributed by atoms with Crippen molar-refractivity contribution in [2.24, 2.45) is 0 Å². The van der Waals surface area contributed by atoms with Gasteiger partial charge in [0.05, 0.1) is 7.11 Å². The Labute approximate surface area is 84.5 Å². The van der Waals surface area contributed by atoms with Gasteiger partial charge in [-0.15, -0.1) is 0 Å². The Morgan fingerprint density at radius 3 is 2.62 bits per heavy atom. The number of carbonyl (C=O) groups is 1. The highest BCUT2D eigenvalue weighted by atomic mass is 79.9. The van der Waals surface area contributed by atoms with Crippen molar-refractivity contribution in [1.29, 1.82) is 0 Å². The van der Waals surface area contributed by atoms with Gasteiger partial charge in [-0.05, 0) is 24.6 Å². The molecule has 0 heterocycles. The molecule has 0 unspecified atom stereocenters. The van der Waals surface area contributed by atoms with Gasteiger partial charge in [-0.3, -0.25) is 0 Å². The normalized spacial score (nSPS) is 9.77. The first-order chi connectivity index (χ1) is 6.06. The number of carboxylic acids is 1. The van der Waals surface area contributed by atoms with Crippen LogP contribution in [0.2, 0.25) is 0 Å². The van der Waals surface area contributed by atoms with Gasteiger partial charge in [0.15, 0.2) is 0 Å². The molecule has 0 aliphatic heterocycles. The molecule has 0 saturated heterocycles. The fraction of sp³-hybridized carbons (Fsp3) is 0.222. The number of hydrogen-bond donors (Lipinski definition) is 1. The SMILES string of the molecule is COc1cc(Br)c(C)cc1C(=O)O. The standard InChI is InChI=1S/C9H9BrO3/c1-5-3-6(9(11)12)8(13-2)4-7(5)10/h3-4H,1-2H3,(H,11,12). The molecule has 13 heavy (non-hydrogen) atoms. The molecular weight excluding hydrogens is 236 g/mol. The third-order valence-electron chi connectivity index (χ3n) is 1.71. The molecule has 1 N–H and O–H groups in total. The van der Waals surface area contributed by atoms with E-state index < -0.39 is 5.97 Å². The Balaban J connectivity index is 3.33. The van der Waals surface area contributed by atoms with E-state index in [0.717, 1.165) is 10.0 Å². The van der Waals surface area contributed by atoms with Crippen LogP contribution >= 0.6 is 15.9 Å². The summed E-state index contributed by atoms with van der Waals surface area (Å²) in [4.78, 5) is 10.7. The molecule has 0 amide bonds. The second kappa shape index (κ2) is 3.79. The van der Waals surface area contributed by atoms with Crippen LogP contribution < -0.4 is 4.74 Å². The molecule has 0 aromatic heterocycles. The molecule has 1 aromatic carbocycles. The van der Waals surface area contributed by atoms with Gasteiger partial charge in [-0.1, -0.05) is 15.9 Å². The highest BCUT2D eigenvalue weighted by Gasteiger charge is 2.12. The predicted octanol–water partition coefficient (Wildman–Crippen LogP) is 2.46. The molecule has 0 aliphatic rings. The number of benzene rings is 1. The minimum atomic E-state index is -0.979. The highest BCUT2D eigenvalue weighted by molar-refractivity contribution is 9.10. The van der Waals surface area contributed by atoms with Gasteiger partial charge >= 0.3 is 5.97 Å². The zero-order chi connectivity index (χ0) is 10.0. The van der Waals surface area contributed by atoms with Crippen molar-refractivity contribution in [2.75, 3.05) is 7.11 Å². The van der Waals surface area contributed by atoms with E-state index in [-0.39, 0.29) is 5.56 Å². The lowest BCUT2D eigenvalue weighted by molar-refractivity contribution is 0.0693. The van der Waals surface area contributed by atoms with Gasteiger partial charge in [0.25, 0.3) is 0 Å². The summed E-state index contributed by atoms with van der Waals surface area (Å²) in [6.07, 6.45) is 0. The van der Waals surface area contributed by atoms with Gasteiger partial charge in [-0.2, -0.15) is 0 Å². The Hall–Kier alpha value is -1.03. The molecule has 0 bridgehead atoms. The second-order valence-corrected chi connectivity index (χ2v) is 3.46. The molecule has 1 aromatic rings. The van der Waals surface area contributed by atoms with Gasteiger partial charge < -0.3 is 9.84 Å². The van der Waals surface area contributed by atoms with Crippen molar-refractivity contribution in [3.63, 3.8) is 0 Å². The van der Waals surface area contributed by atoms with Crippen LogP contribution in [-0.4, -0.2) is 18.2 Å². The molecule has 0 atom stereocenters. The van der Waals surface area contributed by atoms with Crippen LogP contribution in [0.4, 0.5) is 0 Å². The number of carboxylic acid groups (broad SMARTS) is 1. The molecule has 3 nitrogen and oxygen atoms in total. The van der Waals surface area contributed by atoms with Crippen molar-refractivity contribution in [3.8, 4) is 5.75 Å². The van der Waals surface area contributed by atoms with Crippen LogP contribution in [0.25, 0.3) is 0 Å². The number of hydrogen-bond acceptors (Lipinski definition) is 2. The van der Waals surface area contributed by atoms with Gasteiger partial charge in [-0.25, -0.2) is 4.79 Å². The third kappa shape index (κ3) is 2.01. The first-order valence-electron chi connectivity index (χ1n) is 3.63. The van der Waals surface area contributed by atoms with E-state index in [2.05, 4.69) is 15.9 Å². The number of methoxy groups -OCH3 is 1. The molecule has 0 radical (unpaired) electrons. The van der Waals surface area contributed by atoms with E-state index >= 15 is 0 Å². The molecular formula is C9H9BrO3. The quantitative estimate of drug-likeness (QED) is 0.870. The summed E-state index contributed by atoms with van der Waals surface area (Å²) < 4.78 is 5.77. The zero-order valence-electron chi connectivity index (χ0n) is 7.30. The highest BCUT2D eigenvalue weighted by Crippen LogP contribution is 2.26. The lowest BCUT2D eigenvalue weighted by Crippen LogP contribution is -2.01. The number of ether oxygens (including phenoxy) is 1. The molecule has 70 valence electrons. The van der Waals surface area contributed by atoms with E-state index in [9.17, 15) is 4.79 Å². The number of aryl methyl sites for hydroxylation is 1. The van der Waals surface area contributed by atoms with Crippen LogP contribution in [-0.2, 0) is 0 Å². The lowest BCUT2D eigenvalue weighted by Gasteiger charge is -2.07. The van der Waals surface area contributed by atoms with Crippen molar-refractivity contribution in [2.45, 2.75) is 6.92 Å². The summed E-state index contributed by atoms with van der Waals surface area (Å²) in [6, 6.07) is 3.23. The van der Waals surface area contributed by atoms with Crippen molar-refractivity contribution >= 4 is 21.9 Å². The van der Waals surface area contributed by atoms with Crippen LogP contribution in [0.15, 0.2) is 16.6 Å². The second-order valence-electron chi connectivity index (χ2n) is 2.61. The van der Waals surface area contributed by atoms with E-state index in [4.69, 9.17) is 9.84 Å². The minimum absolute atomic E-state index is 0.184. The van der Waals surface area contributed by atoms with Crippen LogP contribution in [0.5, 0.6) is 5.75 Å². The van der Waals surface area contributed by atoms with E-state index in [0.29, 0.717) is 5.75 Å². The summed E-state index contributed by atoms with van der Waals surface area (Å²) in [6.45, 7) is 1.83. The van der Waals surface area contributed by atoms with Crippen LogP contribution in [0.1, 0.15) is 15.9 Å². The number of aromatic carboxylic acids is 1. The monoisotopic (exact) mass is 244 g/mol. The summed E-state index contributed by atoms with van der Waals surface area (Å²) in [5.41, 5.74) is 1.06. The Morgan fingerprint density at radius 2 is 2.15 bits per heavy atom. The molecule has 4 heteroatoms. The topological polar surface area (TPSA) is 46.5 Å². The average Bonchev–Trinajstić information content (AvgIpc) is 2.08. The lowest BCUT2D eigenvalue weighted by atomic mass is 10.1. The molecule has 1 rings (SSSR count). The summed E-state index contributed by atoms with van der Waals surface area (Å²) >= 11 is 3.30. The first-order valence-corrected chi connectivity index (χ1v) is 4.43. The smallest absolute Gasteiger partial charge is 0.339 e. The zero-order valence-corrected chi connectivity index (χ0v) is 8.88. The summed E-state index contributed by atoms with van der Waals surface area (Å²) in [5, 5.41) is 8.82. The Kier molecular flexibility index (Phi) is 2.93. The van der Waals surface area contributed by atoms with Gasteiger partial charge in [0, 0.05) is 4.47 Å². The Morgan fingerprint density at radius 1 is 1.54 bits per heavy atom. The summed E-state index contributed by atoms with van der Waals surface area (Å²) in [5.74, 6) is -0.613. The van der Waals surface area contributed by atoms with E-state index in [1.807, 2.05) is 6.92 Å².